The van der Waals surface area contributed by atoms with Gasteiger partial charge in [0, 0.05) is 29.9 Å². The summed E-state index contributed by atoms with van der Waals surface area (Å²) in [6.45, 7) is 4.76. The van der Waals surface area contributed by atoms with Gasteiger partial charge in [0.1, 0.15) is 23.5 Å². The number of halogens is 3. The molecule has 0 bridgehead atoms. The van der Waals surface area contributed by atoms with Gasteiger partial charge in [-0.05, 0) is 73.2 Å². The van der Waals surface area contributed by atoms with Gasteiger partial charge in [0.15, 0.2) is 0 Å². The zero-order valence-corrected chi connectivity index (χ0v) is 22.3. The molecule has 2 amide bonds. The van der Waals surface area contributed by atoms with Crippen molar-refractivity contribution in [2.75, 3.05) is 5.32 Å². The summed E-state index contributed by atoms with van der Waals surface area (Å²) in [5.41, 5.74) is 2.37. The number of amides is 2. The summed E-state index contributed by atoms with van der Waals surface area (Å²) in [4.78, 5) is 29.6. The highest BCUT2D eigenvalue weighted by Crippen LogP contribution is 2.13. The number of nitrogens with one attached hydrogen (secondary N) is 3. The number of carbonyl (C=O) groups excluding carboxylic acids is 2. The molecule has 0 fully saturated rings. The van der Waals surface area contributed by atoms with Gasteiger partial charge >= 0.3 is 0 Å². The van der Waals surface area contributed by atoms with Crippen molar-refractivity contribution in [2.45, 2.75) is 64.6 Å². The number of carbonyl (C=O) groups is 2. The van der Waals surface area contributed by atoms with Gasteiger partial charge in [-0.2, -0.15) is 0 Å². The van der Waals surface area contributed by atoms with E-state index in [1.165, 1.54) is 0 Å². The predicted octanol–water partition coefficient (Wildman–Crippen LogP) is 5.59. The van der Waals surface area contributed by atoms with Crippen molar-refractivity contribution < 1.29 is 18.4 Å². The lowest BCUT2D eigenvalue weighted by Crippen LogP contribution is -2.44. The van der Waals surface area contributed by atoms with Crippen LogP contribution in [0.25, 0.3) is 0 Å². The average molecular weight is 543 g/mol. The van der Waals surface area contributed by atoms with Crippen molar-refractivity contribution in [1.82, 2.24) is 15.6 Å². The van der Waals surface area contributed by atoms with Gasteiger partial charge in [0.25, 0.3) is 0 Å². The molecule has 0 radical (unpaired) electrons. The predicted molar refractivity (Wildman–Crippen MR) is 146 cm³/mol. The number of nitrogens with zero attached hydrogens (tertiary/aromatic N) is 1. The number of hydrogen-bond donors (Lipinski definition) is 3. The molecule has 3 N–H and O–H groups in total. The largest absolute Gasteiger partial charge is 0.344 e. The quantitative estimate of drug-likeness (QED) is 0.263. The molecule has 0 spiro atoms. The number of hydrogen-bond acceptors (Lipinski definition) is 4. The summed E-state index contributed by atoms with van der Waals surface area (Å²) in [6, 6.07) is 13.8. The molecular formula is C29H33ClF2N4O2. The lowest BCUT2D eigenvalue weighted by Gasteiger charge is -2.18. The molecule has 9 heteroatoms. The molecule has 0 aliphatic carbocycles. The second-order valence-electron chi connectivity index (χ2n) is 9.35. The molecular weight excluding hydrogens is 510 g/mol. The molecule has 3 rings (SSSR count). The van der Waals surface area contributed by atoms with Crippen LogP contribution in [0.15, 0.2) is 60.8 Å². The number of aromatic nitrogens is 1. The van der Waals surface area contributed by atoms with E-state index in [1.54, 1.807) is 12.3 Å². The zero-order valence-electron chi connectivity index (χ0n) is 21.6. The first-order valence-corrected chi connectivity index (χ1v) is 13.1. The molecule has 38 heavy (non-hydrogen) atoms. The van der Waals surface area contributed by atoms with E-state index in [0.717, 1.165) is 53.7 Å². The molecule has 3 aromatic rings. The lowest BCUT2D eigenvalue weighted by molar-refractivity contribution is -0.126. The molecule has 2 aromatic carbocycles. The van der Waals surface area contributed by atoms with Crippen LogP contribution in [0.3, 0.4) is 0 Å². The molecule has 2 atom stereocenters. The van der Waals surface area contributed by atoms with Crippen LogP contribution in [0.2, 0.25) is 5.02 Å². The van der Waals surface area contributed by atoms with Crippen LogP contribution in [0.5, 0.6) is 0 Å². The fraction of sp³-hybridized carbons (Fsp3) is 0.345. The van der Waals surface area contributed by atoms with Crippen LogP contribution in [0.4, 0.5) is 14.6 Å². The third-order valence-electron chi connectivity index (χ3n) is 6.00. The zero-order chi connectivity index (χ0) is 27.5. The molecule has 0 aliphatic heterocycles. The van der Waals surface area contributed by atoms with Gasteiger partial charge in [-0.15, -0.1) is 0 Å². The van der Waals surface area contributed by atoms with E-state index in [0.29, 0.717) is 18.7 Å². The number of pyridine rings is 1. The summed E-state index contributed by atoms with van der Waals surface area (Å²) in [7, 11) is 0. The Morgan fingerprint density at radius 2 is 1.74 bits per heavy atom. The van der Waals surface area contributed by atoms with Crippen LogP contribution in [-0.2, 0) is 29.0 Å². The highest BCUT2D eigenvalue weighted by molar-refractivity contribution is 6.30. The summed E-state index contributed by atoms with van der Waals surface area (Å²) >= 11 is 6.04. The third kappa shape index (κ3) is 9.84. The van der Waals surface area contributed by atoms with Crippen LogP contribution < -0.4 is 16.0 Å². The Balaban J connectivity index is 1.47. The standard InChI is InChI=1S/C29H33ClF2N4O2/c1-3-5-26(35-28(37)15-22-13-24(31)16-25(32)14-22)29(38)36-27-11-10-20(17-34-27)9-8-19(2)33-18-21-6-4-7-23(30)12-21/h4,6-7,10-14,16-17,19,26,33H,3,5,8-9,15,18H2,1-2H3,(H,35,37)(H,34,36,38). The van der Waals surface area contributed by atoms with Gasteiger partial charge in [-0.25, -0.2) is 13.8 Å². The second-order valence-corrected chi connectivity index (χ2v) is 9.79. The Hall–Kier alpha value is -3.36. The Morgan fingerprint density at radius 1 is 0.974 bits per heavy atom. The summed E-state index contributed by atoms with van der Waals surface area (Å²) in [6.07, 6.45) is 4.29. The average Bonchev–Trinajstić information content (AvgIpc) is 2.86. The van der Waals surface area contributed by atoms with Gasteiger partial charge in [0.05, 0.1) is 6.42 Å². The minimum Gasteiger partial charge on any atom is -0.344 e. The molecule has 2 unspecified atom stereocenters. The van der Waals surface area contributed by atoms with Gasteiger partial charge < -0.3 is 16.0 Å². The third-order valence-corrected chi connectivity index (χ3v) is 6.24. The Labute approximate surface area is 227 Å². The van der Waals surface area contributed by atoms with E-state index in [9.17, 15) is 18.4 Å². The van der Waals surface area contributed by atoms with Gasteiger partial charge in [0.2, 0.25) is 11.8 Å². The van der Waals surface area contributed by atoms with E-state index < -0.39 is 29.5 Å². The van der Waals surface area contributed by atoms with Crippen molar-refractivity contribution in [3.05, 3.63) is 94.1 Å². The molecule has 1 heterocycles. The topological polar surface area (TPSA) is 83.1 Å². The van der Waals surface area contributed by atoms with E-state index in [2.05, 4.69) is 27.9 Å². The molecule has 202 valence electrons. The Kier molecular flexibility index (Phi) is 11.2. The van der Waals surface area contributed by atoms with Crippen LogP contribution in [0, 0.1) is 11.6 Å². The second kappa shape index (κ2) is 14.5. The van der Waals surface area contributed by atoms with Crippen LogP contribution >= 0.6 is 11.6 Å². The SMILES string of the molecule is CCCC(NC(=O)Cc1cc(F)cc(F)c1)C(=O)Nc1ccc(CCC(C)NCc2cccc(Cl)c2)cn1. The number of rotatable bonds is 13. The molecule has 0 saturated heterocycles. The number of anilines is 1. The summed E-state index contributed by atoms with van der Waals surface area (Å²) < 4.78 is 26.8. The van der Waals surface area contributed by atoms with Crippen molar-refractivity contribution >= 4 is 29.2 Å². The smallest absolute Gasteiger partial charge is 0.248 e. The minimum absolute atomic E-state index is 0.196. The first-order valence-electron chi connectivity index (χ1n) is 12.7. The van der Waals surface area contributed by atoms with Crippen molar-refractivity contribution in [2.24, 2.45) is 0 Å². The highest BCUT2D eigenvalue weighted by atomic mass is 35.5. The maximum absolute atomic E-state index is 13.4. The molecule has 1 aromatic heterocycles. The van der Waals surface area contributed by atoms with Crippen molar-refractivity contribution in [3.63, 3.8) is 0 Å². The first kappa shape index (κ1) is 29.2. The fourth-order valence-electron chi connectivity index (χ4n) is 3.99. The molecule has 0 aliphatic rings. The van der Waals surface area contributed by atoms with E-state index in [-0.39, 0.29) is 18.0 Å². The number of benzene rings is 2. The van der Waals surface area contributed by atoms with Crippen molar-refractivity contribution in [3.8, 4) is 0 Å². The van der Waals surface area contributed by atoms with Crippen LogP contribution in [-0.4, -0.2) is 28.9 Å². The lowest BCUT2D eigenvalue weighted by atomic mass is 10.1. The minimum atomic E-state index is -0.793. The van der Waals surface area contributed by atoms with E-state index >= 15 is 0 Å². The van der Waals surface area contributed by atoms with E-state index in [4.69, 9.17) is 11.6 Å². The van der Waals surface area contributed by atoms with Gasteiger partial charge in [-0.3, -0.25) is 9.59 Å². The maximum Gasteiger partial charge on any atom is 0.248 e. The first-order chi connectivity index (χ1) is 18.2. The normalized spacial score (nSPS) is 12.6. The maximum atomic E-state index is 13.4. The molecule has 6 nitrogen and oxygen atoms in total. The fourth-order valence-corrected chi connectivity index (χ4v) is 4.20. The Morgan fingerprint density at radius 3 is 2.39 bits per heavy atom. The summed E-state index contributed by atoms with van der Waals surface area (Å²) in [5.74, 6) is -2.02. The van der Waals surface area contributed by atoms with E-state index in [1.807, 2.05) is 37.3 Å². The van der Waals surface area contributed by atoms with Crippen LogP contribution in [0.1, 0.15) is 49.8 Å². The monoisotopic (exact) mass is 542 g/mol. The Bertz CT molecular complexity index is 1200. The number of aryl methyl sites for hydroxylation is 1. The summed E-state index contributed by atoms with van der Waals surface area (Å²) in [5, 5.41) is 9.61. The highest BCUT2D eigenvalue weighted by Gasteiger charge is 2.21. The van der Waals surface area contributed by atoms with Gasteiger partial charge in [-0.1, -0.05) is 43.1 Å². The van der Waals surface area contributed by atoms with Crippen molar-refractivity contribution in [1.29, 1.82) is 0 Å². The molecule has 0 saturated carbocycles.